The topological polar surface area (TPSA) is 109 Å². The van der Waals surface area contributed by atoms with Crippen molar-refractivity contribution >= 4 is 28.2 Å². The number of likely N-dealkylation sites (N-methyl/N-ethyl adjacent to an activating group) is 1. The van der Waals surface area contributed by atoms with Crippen molar-refractivity contribution in [3.8, 4) is 11.1 Å². The number of aromatic nitrogens is 2. The van der Waals surface area contributed by atoms with Crippen LogP contribution < -0.4 is 21.5 Å². The second-order valence-corrected chi connectivity index (χ2v) is 13.1. The Bertz CT molecular complexity index is 1900. The van der Waals surface area contributed by atoms with Crippen LogP contribution in [0.3, 0.4) is 0 Å². The average Bonchev–Trinajstić information content (AvgIpc) is 3.11. The van der Waals surface area contributed by atoms with Crippen molar-refractivity contribution in [2.75, 3.05) is 82.8 Å². The van der Waals surface area contributed by atoms with Crippen LogP contribution >= 0.6 is 0 Å². The molecule has 13 heteroatoms. The normalized spacial score (nSPS) is 16.2. The number of hydrogen-bond acceptors (Lipinski definition) is 8. The van der Waals surface area contributed by atoms with Gasteiger partial charge in [0.05, 0.1) is 24.3 Å². The van der Waals surface area contributed by atoms with Gasteiger partial charge in [-0.1, -0.05) is 6.07 Å². The number of hydrogen-bond donors (Lipinski definition) is 2. The number of nitrogens with one attached hydrogen (secondary N) is 1. The van der Waals surface area contributed by atoms with Gasteiger partial charge in [0.2, 0.25) is 0 Å². The predicted molar refractivity (Wildman–Crippen MR) is 190 cm³/mol. The summed E-state index contributed by atoms with van der Waals surface area (Å²) in [6.45, 7) is 8.97. The number of halogens is 3. The summed E-state index contributed by atoms with van der Waals surface area (Å²) in [7, 11) is 1.97. The summed E-state index contributed by atoms with van der Waals surface area (Å²) in [5, 5.41) is 3.59. The molecule has 2 aliphatic rings. The number of carbonyl (C=O) groups excluding carboxylic acids is 1. The molecule has 4 aromatic rings. The highest BCUT2D eigenvalue weighted by atomic mass is 19.4. The number of pyridine rings is 2. The summed E-state index contributed by atoms with van der Waals surface area (Å²) in [6.07, 6.45) is -1.35. The molecule has 50 heavy (non-hydrogen) atoms. The number of nitrogens with zero attached hydrogens (tertiary/aromatic N) is 5. The van der Waals surface area contributed by atoms with Crippen molar-refractivity contribution in [2.45, 2.75) is 32.5 Å². The van der Waals surface area contributed by atoms with Gasteiger partial charge in [0.25, 0.3) is 11.5 Å². The monoisotopic (exact) mass is 691 g/mol. The Labute approximate surface area is 289 Å². The van der Waals surface area contributed by atoms with Crippen LogP contribution in [0.2, 0.25) is 0 Å². The zero-order valence-corrected chi connectivity index (χ0v) is 28.6. The van der Waals surface area contributed by atoms with E-state index in [1.807, 2.05) is 31.0 Å². The molecular formula is C37H44F3N7O3. The summed E-state index contributed by atoms with van der Waals surface area (Å²) < 4.78 is 49.2. The van der Waals surface area contributed by atoms with Crippen molar-refractivity contribution in [2.24, 2.45) is 5.73 Å². The van der Waals surface area contributed by atoms with E-state index in [1.54, 1.807) is 29.0 Å². The Morgan fingerprint density at radius 1 is 0.960 bits per heavy atom. The van der Waals surface area contributed by atoms with Crippen LogP contribution in [0.15, 0.2) is 59.5 Å². The minimum absolute atomic E-state index is 0.0939. The molecule has 0 saturated carbocycles. The van der Waals surface area contributed by atoms with Gasteiger partial charge in [-0.15, -0.1) is 0 Å². The Balaban J connectivity index is 1.34. The number of morpholine rings is 1. The van der Waals surface area contributed by atoms with E-state index in [0.29, 0.717) is 87.9 Å². The molecule has 2 aromatic carbocycles. The largest absolute Gasteiger partial charge is 0.416 e. The number of nitrogens with two attached hydrogens (primary N) is 1. The lowest BCUT2D eigenvalue weighted by molar-refractivity contribution is -0.137. The zero-order chi connectivity index (χ0) is 35.4. The highest BCUT2D eigenvalue weighted by molar-refractivity contribution is 6.05. The number of carbonyl (C=O) groups is 1. The number of fused-ring (bicyclic) bond motifs is 1. The maximum Gasteiger partial charge on any atom is 0.416 e. The Morgan fingerprint density at radius 3 is 2.44 bits per heavy atom. The highest BCUT2D eigenvalue weighted by Gasteiger charge is 2.33. The third kappa shape index (κ3) is 8.18. The molecule has 10 nitrogen and oxygen atoms in total. The van der Waals surface area contributed by atoms with Gasteiger partial charge in [-0.05, 0) is 86.9 Å². The predicted octanol–water partition coefficient (Wildman–Crippen LogP) is 4.62. The highest BCUT2D eigenvalue weighted by Crippen LogP contribution is 2.34. The molecule has 0 radical (unpaired) electrons. The lowest BCUT2D eigenvalue weighted by atomic mass is 9.99. The van der Waals surface area contributed by atoms with Crippen molar-refractivity contribution < 1.29 is 22.7 Å². The van der Waals surface area contributed by atoms with Gasteiger partial charge in [0.15, 0.2) is 0 Å². The third-order valence-corrected chi connectivity index (χ3v) is 9.58. The molecule has 3 N–H and O–H groups in total. The molecule has 0 bridgehead atoms. The van der Waals surface area contributed by atoms with Crippen molar-refractivity contribution in [3.05, 3.63) is 87.5 Å². The number of alkyl halides is 3. The molecular weight excluding hydrogens is 647 g/mol. The van der Waals surface area contributed by atoms with E-state index < -0.39 is 17.6 Å². The van der Waals surface area contributed by atoms with Gasteiger partial charge in [-0.25, -0.2) is 0 Å². The zero-order valence-electron chi connectivity index (χ0n) is 28.6. The van der Waals surface area contributed by atoms with Crippen LogP contribution in [0, 0.1) is 6.92 Å². The Hall–Kier alpha value is -4.30. The number of benzene rings is 2. The van der Waals surface area contributed by atoms with Crippen molar-refractivity contribution in [1.82, 2.24) is 19.4 Å². The molecule has 1 amide bonds. The number of rotatable bonds is 10. The van der Waals surface area contributed by atoms with E-state index in [4.69, 9.17) is 10.5 Å². The standard InChI is InChI=1S/C37H44F3N7O3/c1-25-5-6-30(43-35(48)26-18-28(37(38,39)40)21-31(19-26)46-11-8-44(2)9-12-46)22-32(25)33-20-27-24-42-29(4-3-7-41)23-34(27)47(36(33)49)13-10-45-14-16-50-17-15-45/h5-6,18-24H,3-4,7-17,41H2,1-2H3,(H,43,48). The molecule has 2 aromatic heterocycles. The fourth-order valence-electron chi connectivity index (χ4n) is 6.56. The summed E-state index contributed by atoms with van der Waals surface area (Å²) in [5.41, 5.74) is 8.83. The maximum absolute atomic E-state index is 14.3. The van der Waals surface area contributed by atoms with E-state index in [2.05, 4.69) is 20.1 Å². The molecule has 0 unspecified atom stereocenters. The number of ether oxygens (including phenoxy) is 1. The van der Waals surface area contributed by atoms with Crippen LogP contribution in [0.5, 0.6) is 0 Å². The molecule has 0 atom stereocenters. The first kappa shape index (κ1) is 35.5. The molecule has 2 saturated heterocycles. The fourth-order valence-corrected chi connectivity index (χ4v) is 6.56. The first-order valence-corrected chi connectivity index (χ1v) is 17.1. The van der Waals surface area contributed by atoms with E-state index in [-0.39, 0.29) is 11.1 Å². The van der Waals surface area contributed by atoms with Crippen LogP contribution in [0.25, 0.3) is 22.0 Å². The molecule has 4 heterocycles. The smallest absolute Gasteiger partial charge is 0.379 e. The van der Waals surface area contributed by atoms with Crippen LogP contribution in [0.1, 0.15) is 33.6 Å². The van der Waals surface area contributed by atoms with Crippen molar-refractivity contribution in [1.29, 1.82) is 0 Å². The second kappa shape index (κ2) is 15.3. The van der Waals surface area contributed by atoms with Gasteiger partial charge in [-0.3, -0.25) is 19.5 Å². The first-order chi connectivity index (χ1) is 24.0. The fraction of sp³-hybridized carbons (Fsp3) is 0.432. The molecule has 2 fully saturated rings. The van der Waals surface area contributed by atoms with Crippen LogP contribution in [-0.2, 0) is 23.9 Å². The molecule has 0 spiro atoms. The number of anilines is 2. The van der Waals surface area contributed by atoms with E-state index in [1.165, 1.54) is 6.07 Å². The molecule has 0 aliphatic carbocycles. The van der Waals surface area contributed by atoms with Gasteiger partial charge in [0.1, 0.15) is 0 Å². The van der Waals surface area contributed by atoms with E-state index >= 15 is 0 Å². The van der Waals surface area contributed by atoms with Gasteiger partial charge in [-0.2, -0.15) is 13.2 Å². The molecule has 266 valence electrons. The summed E-state index contributed by atoms with van der Waals surface area (Å²) in [4.78, 5) is 38.8. The number of aryl methyl sites for hydroxylation is 2. The van der Waals surface area contributed by atoms with Gasteiger partial charge < -0.3 is 30.2 Å². The third-order valence-electron chi connectivity index (χ3n) is 9.58. The van der Waals surface area contributed by atoms with Crippen molar-refractivity contribution in [3.63, 3.8) is 0 Å². The van der Waals surface area contributed by atoms with E-state index in [9.17, 15) is 22.8 Å². The Morgan fingerprint density at radius 2 is 1.72 bits per heavy atom. The van der Waals surface area contributed by atoms with Crippen LogP contribution in [-0.4, -0.2) is 97.9 Å². The SMILES string of the molecule is Cc1ccc(NC(=O)c2cc(N3CCN(C)CC3)cc(C(F)(F)F)c2)cc1-c1cc2cnc(CCCN)cc2n(CCN2CCOCC2)c1=O. The lowest BCUT2D eigenvalue weighted by Crippen LogP contribution is -2.44. The number of amides is 1. The van der Waals surface area contributed by atoms with E-state index in [0.717, 1.165) is 53.8 Å². The Kier molecular flexibility index (Phi) is 10.9. The summed E-state index contributed by atoms with van der Waals surface area (Å²) in [6, 6.07) is 12.5. The quantitative estimate of drug-likeness (QED) is 0.248. The van der Waals surface area contributed by atoms with Gasteiger partial charge >= 0.3 is 6.18 Å². The summed E-state index contributed by atoms with van der Waals surface area (Å²) in [5.74, 6) is -0.670. The minimum atomic E-state index is -4.62. The number of piperazine rings is 1. The molecule has 6 rings (SSSR count). The minimum Gasteiger partial charge on any atom is -0.379 e. The lowest BCUT2D eigenvalue weighted by Gasteiger charge is -2.34. The summed E-state index contributed by atoms with van der Waals surface area (Å²) >= 11 is 0. The van der Waals surface area contributed by atoms with Gasteiger partial charge in [0, 0.05) is 92.1 Å². The van der Waals surface area contributed by atoms with Crippen LogP contribution in [0.4, 0.5) is 24.5 Å². The molecule has 2 aliphatic heterocycles. The first-order valence-electron chi connectivity index (χ1n) is 17.1. The second-order valence-electron chi connectivity index (χ2n) is 13.1. The average molecular weight is 692 g/mol. The maximum atomic E-state index is 14.3.